The number of rotatable bonds is 5. The number of aromatic amines is 1. The highest BCUT2D eigenvalue weighted by Crippen LogP contribution is 2.46. The lowest BCUT2D eigenvalue weighted by Crippen LogP contribution is -2.52. The van der Waals surface area contributed by atoms with Crippen LogP contribution in [0.3, 0.4) is 0 Å². The van der Waals surface area contributed by atoms with E-state index in [9.17, 15) is 28.4 Å². The lowest BCUT2D eigenvalue weighted by Gasteiger charge is -2.33. The number of nitrogens with one attached hydrogen (secondary N) is 2. The fraction of sp³-hybridized carbons (Fsp3) is 0.357. The number of amides is 3. The molecule has 3 aromatic rings. The predicted molar refractivity (Wildman–Crippen MR) is 136 cm³/mol. The van der Waals surface area contributed by atoms with E-state index < -0.39 is 40.9 Å². The van der Waals surface area contributed by atoms with Crippen LogP contribution in [0.5, 0.6) is 0 Å². The van der Waals surface area contributed by atoms with Gasteiger partial charge in [0.05, 0.1) is 17.0 Å². The van der Waals surface area contributed by atoms with Crippen LogP contribution in [0, 0.1) is 28.9 Å². The summed E-state index contributed by atoms with van der Waals surface area (Å²) < 4.78 is 28.5. The van der Waals surface area contributed by atoms with Crippen LogP contribution in [0.1, 0.15) is 42.7 Å². The molecule has 8 nitrogen and oxygen atoms in total. The zero-order valence-electron chi connectivity index (χ0n) is 21.2. The largest absolute Gasteiger partial charge is 0.348 e. The molecule has 1 saturated heterocycles. The average molecular weight is 520 g/mol. The van der Waals surface area contributed by atoms with Crippen LogP contribution in [-0.2, 0) is 15.0 Å². The number of likely N-dealkylation sites (N-methyl/N-ethyl adjacent to an activating group) is 1. The third kappa shape index (κ3) is 3.90. The fourth-order valence-corrected chi connectivity index (χ4v) is 5.65. The molecule has 2 N–H and O–H groups in total. The molecule has 1 fully saturated rings. The van der Waals surface area contributed by atoms with Gasteiger partial charge in [0.25, 0.3) is 5.91 Å². The van der Waals surface area contributed by atoms with Gasteiger partial charge in [-0.1, -0.05) is 32.0 Å². The summed E-state index contributed by atoms with van der Waals surface area (Å²) in [6.45, 7) is 3.81. The number of carbonyl (C=O) groups excluding carboxylic acids is 3. The minimum atomic E-state index is -1.05. The summed E-state index contributed by atoms with van der Waals surface area (Å²) in [5.41, 5.74) is 0.154. The minimum absolute atomic E-state index is 0.00408. The molecule has 3 heterocycles. The molecular formula is C28H27F2N5O3. The van der Waals surface area contributed by atoms with E-state index in [2.05, 4.69) is 16.4 Å². The fourth-order valence-electron chi connectivity index (χ4n) is 5.65. The average Bonchev–Trinajstić information content (AvgIpc) is 3.59. The standard InChI is InChI=1S/C28H27F2N5O3/c1-15(2)10-23(34(3)25(36)22-11-17-19(29)8-9-20(30)24(17)32-22)26(37)35-14-28(12-16(35)13-31)18-6-4-5-7-21(18)33-27(28)38/h4-9,11,15-16,23,32H,10,12,14H2,1-3H3,(H,33,38)/t16-,23-,28-/m0/s1. The van der Waals surface area contributed by atoms with Crippen molar-refractivity contribution in [3.05, 3.63) is 65.4 Å². The molecule has 38 heavy (non-hydrogen) atoms. The van der Waals surface area contributed by atoms with E-state index in [0.717, 1.165) is 17.7 Å². The van der Waals surface area contributed by atoms with Gasteiger partial charge in [-0.25, -0.2) is 8.78 Å². The van der Waals surface area contributed by atoms with E-state index in [4.69, 9.17) is 0 Å². The van der Waals surface area contributed by atoms with E-state index in [1.165, 1.54) is 22.9 Å². The van der Waals surface area contributed by atoms with Gasteiger partial charge in [-0.2, -0.15) is 5.26 Å². The Labute approximate surface area is 218 Å². The topological polar surface area (TPSA) is 109 Å². The summed E-state index contributed by atoms with van der Waals surface area (Å²) in [7, 11) is 1.45. The molecule has 2 aromatic carbocycles. The Balaban J connectivity index is 1.47. The molecule has 2 aliphatic heterocycles. The van der Waals surface area contributed by atoms with Crippen LogP contribution in [0.25, 0.3) is 10.9 Å². The number of nitriles is 1. The number of carbonyl (C=O) groups is 3. The van der Waals surface area contributed by atoms with Crippen molar-refractivity contribution in [3.8, 4) is 6.07 Å². The Hall–Kier alpha value is -4.26. The smallest absolute Gasteiger partial charge is 0.270 e. The van der Waals surface area contributed by atoms with Crippen molar-refractivity contribution in [1.82, 2.24) is 14.8 Å². The number of hydrogen-bond donors (Lipinski definition) is 2. The second kappa shape index (κ2) is 9.24. The van der Waals surface area contributed by atoms with E-state index >= 15 is 0 Å². The van der Waals surface area contributed by atoms with Crippen LogP contribution in [0.15, 0.2) is 42.5 Å². The maximum absolute atomic E-state index is 14.2. The molecule has 3 atom stereocenters. The third-order valence-corrected chi connectivity index (χ3v) is 7.60. The molecular weight excluding hydrogens is 492 g/mol. The van der Waals surface area contributed by atoms with Gasteiger partial charge in [0.1, 0.15) is 29.4 Å². The van der Waals surface area contributed by atoms with Gasteiger partial charge in [0, 0.05) is 31.1 Å². The van der Waals surface area contributed by atoms with E-state index in [1.807, 2.05) is 26.0 Å². The number of fused-ring (bicyclic) bond motifs is 3. The Kier molecular flexibility index (Phi) is 6.18. The molecule has 0 unspecified atom stereocenters. The van der Waals surface area contributed by atoms with Crippen molar-refractivity contribution in [2.75, 3.05) is 18.9 Å². The molecule has 0 radical (unpaired) electrons. The van der Waals surface area contributed by atoms with Gasteiger partial charge in [-0.05, 0) is 42.2 Å². The number of halogens is 2. The van der Waals surface area contributed by atoms with Crippen molar-refractivity contribution in [3.63, 3.8) is 0 Å². The number of para-hydroxylation sites is 1. The Bertz CT molecular complexity index is 1470. The molecule has 0 bridgehead atoms. The summed E-state index contributed by atoms with van der Waals surface area (Å²) in [6.07, 6.45) is 0.430. The van der Waals surface area contributed by atoms with Gasteiger partial charge in [0.2, 0.25) is 11.8 Å². The zero-order chi connectivity index (χ0) is 27.4. The molecule has 196 valence electrons. The molecule has 10 heteroatoms. The SMILES string of the molecule is CC(C)C[C@@H](C(=O)N1C[C@]2(C[C@H]1C#N)C(=O)Nc1ccccc12)N(C)C(=O)c1cc2c(F)ccc(F)c2[nH]1. The first-order chi connectivity index (χ1) is 18.1. The molecule has 0 aliphatic carbocycles. The maximum Gasteiger partial charge on any atom is 0.270 e. The summed E-state index contributed by atoms with van der Waals surface area (Å²) in [5.74, 6) is -2.71. The second-order valence-electron chi connectivity index (χ2n) is 10.5. The summed E-state index contributed by atoms with van der Waals surface area (Å²) in [4.78, 5) is 45.8. The number of hydrogen-bond acceptors (Lipinski definition) is 4. The zero-order valence-corrected chi connectivity index (χ0v) is 21.2. The van der Waals surface area contributed by atoms with Crippen LogP contribution in [0.2, 0.25) is 0 Å². The van der Waals surface area contributed by atoms with Crippen molar-refractivity contribution in [2.24, 2.45) is 5.92 Å². The van der Waals surface area contributed by atoms with Gasteiger partial charge in [0.15, 0.2) is 0 Å². The van der Waals surface area contributed by atoms with Crippen LogP contribution in [-0.4, -0.2) is 58.2 Å². The minimum Gasteiger partial charge on any atom is -0.348 e. The Morgan fingerprint density at radius 2 is 1.92 bits per heavy atom. The highest BCUT2D eigenvalue weighted by atomic mass is 19.1. The molecule has 3 amide bonds. The summed E-state index contributed by atoms with van der Waals surface area (Å²) in [5, 5.41) is 12.8. The number of nitrogens with zero attached hydrogens (tertiary/aromatic N) is 3. The number of aromatic nitrogens is 1. The van der Waals surface area contributed by atoms with Gasteiger partial charge < -0.3 is 20.1 Å². The van der Waals surface area contributed by atoms with Gasteiger partial charge >= 0.3 is 0 Å². The normalized spacial score (nSPS) is 21.0. The number of anilines is 1. The molecule has 1 spiro atoms. The third-order valence-electron chi connectivity index (χ3n) is 7.60. The lowest BCUT2D eigenvalue weighted by atomic mass is 9.80. The summed E-state index contributed by atoms with van der Waals surface area (Å²) in [6, 6.07) is 10.7. The van der Waals surface area contributed by atoms with Crippen molar-refractivity contribution in [1.29, 1.82) is 5.26 Å². The van der Waals surface area contributed by atoms with Crippen molar-refractivity contribution in [2.45, 2.75) is 44.2 Å². The molecule has 0 saturated carbocycles. The maximum atomic E-state index is 14.2. The first kappa shape index (κ1) is 25.4. The van der Waals surface area contributed by atoms with Gasteiger partial charge in [-0.3, -0.25) is 14.4 Å². The second-order valence-corrected chi connectivity index (χ2v) is 10.5. The molecule has 2 aliphatic rings. The Morgan fingerprint density at radius 1 is 1.21 bits per heavy atom. The van der Waals surface area contributed by atoms with E-state index in [-0.39, 0.29) is 47.8 Å². The van der Waals surface area contributed by atoms with Crippen LogP contribution in [0.4, 0.5) is 14.5 Å². The number of likely N-dealkylation sites (tertiary alicyclic amines) is 1. The quantitative estimate of drug-likeness (QED) is 0.532. The highest BCUT2D eigenvalue weighted by molar-refractivity contribution is 6.07. The number of benzene rings is 2. The first-order valence-electron chi connectivity index (χ1n) is 12.4. The first-order valence-corrected chi connectivity index (χ1v) is 12.4. The van der Waals surface area contributed by atoms with Crippen molar-refractivity contribution >= 4 is 34.3 Å². The highest BCUT2D eigenvalue weighted by Gasteiger charge is 2.56. The van der Waals surface area contributed by atoms with E-state index in [1.54, 1.807) is 12.1 Å². The molecule has 5 rings (SSSR count). The van der Waals surface area contributed by atoms with Crippen LogP contribution < -0.4 is 5.32 Å². The molecule has 1 aromatic heterocycles. The monoisotopic (exact) mass is 519 g/mol. The van der Waals surface area contributed by atoms with Crippen LogP contribution >= 0.6 is 0 Å². The summed E-state index contributed by atoms with van der Waals surface area (Å²) >= 11 is 0. The van der Waals surface area contributed by atoms with Gasteiger partial charge in [-0.15, -0.1) is 0 Å². The van der Waals surface area contributed by atoms with E-state index in [0.29, 0.717) is 5.69 Å². The predicted octanol–water partition coefficient (Wildman–Crippen LogP) is 3.95. The Morgan fingerprint density at radius 3 is 2.61 bits per heavy atom. The van der Waals surface area contributed by atoms with Crippen molar-refractivity contribution < 1.29 is 23.2 Å². The number of H-pyrrole nitrogens is 1. The lowest BCUT2D eigenvalue weighted by molar-refractivity contribution is -0.136.